The molecule has 6 heteroatoms. The quantitative estimate of drug-likeness (QED) is 0.681. The van der Waals surface area contributed by atoms with Crippen molar-refractivity contribution in [2.45, 2.75) is 19.8 Å². The molecule has 0 amide bonds. The molecule has 2 N–H and O–H groups in total. The van der Waals surface area contributed by atoms with E-state index in [2.05, 4.69) is 5.92 Å². The molecular formula is C18H15FN2O3. The highest BCUT2D eigenvalue weighted by molar-refractivity contribution is 5.92. The fraction of sp³-hybridized carbons (Fsp3) is 0.222. The molecule has 0 aliphatic carbocycles. The van der Waals surface area contributed by atoms with Crippen LogP contribution in [0.3, 0.4) is 0 Å². The van der Waals surface area contributed by atoms with Gasteiger partial charge in [-0.3, -0.25) is 0 Å². The van der Waals surface area contributed by atoms with Crippen LogP contribution in [-0.2, 0) is 14.3 Å². The highest BCUT2D eigenvalue weighted by atomic mass is 19.1. The number of nitrogens with zero attached hydrogens (tertiary/aromatic N) is 1. The van der Waals surface area contributed by atoms with Gasteiger partial charge in [-0.15, -0.1) is 6.42 Å². The van der Waals surface area contributed by atoms with Crippen LogP contribution in [0.5, 0.6) is 0 Å². The maximum atomic E-state index is 14.5. The van der Waals surface area contributed by atoms with Gasteiger partial charge in [-0.25, -0.2) is 9.18 Å². The molecule has 1 heterocycles. The molecule has 0 radical (unpaired) electrons. The fourth-order valence-electron chi connectivity index (χ4n) is 2.52. The number of hydrogen-bond donors (Lipinski definition) is 1. The Morgan fingerprint density at radius 1 is 1.54 bits per heavy atom. The Morgan fingerprint density at radius 2 is 2.25 bits per heavy atom. The van der Waals surface area contributed by atoms with Crippen LogP contribution in [0.2, 0.25) is 0 Å². The van der Waals surface area contributed by atoms with Gasteiger partial charge in [0.15, 0.2) is 0 Å². The van der Waals surface area contributed by atoms with E-state index < -0.39 is 17.7 Å². The number of terminal acetylenes is 1. The summed E-state index contributed by atoms with van der Waals surface area (Å²) in [5, 5.41) is 9.40. The third-order valence-electron chi connectivity index (χ3n) is 3.58. The molecule has 0 saturated carbocycles. The van der Waals surface area contributed by atoms with Crippen LogP contribution in [0.15, 0.2) is 41.0 Å². The minimum atomic E-state index is -1.02. The lowest BCUT2D eigenvalue weighted by Crippen LogP contribution is -2.26. The molecule has 1 aliphatic heterocycles. The molecular weight excluding hydrogens is 311 g/mol. The maximum absolute atomic E-state index is 14.5. The van der Waals surface area contributed by atoms with Crippen LogP contribution < -0.4 is 5.73 Å². The molecule has 1 aliphatic rings. The van der Waals surface area contributed by atoms with Gasteiger partial charge >= 0.3 is 5.97 Å². The standard InChI is InChI=1S/C18H15FN2O3/c1-4-11-6-7-12(14(19)8-11)16-13(9-20)17(21)24-10(3)15(16)18(22)23-5-2/h1,6-8,16H,5,21H2,2-3H3. The smallest absolute Gasteiger partial charge is 0.338 e. The van der Waals surface area contributed by atoms with Gasteiger partial charge in [0.1, 0.15) is 23.2 Å². The topological polar surface area (TPSA) is 85.3 Å². The van der Waals surface area contributed by atoms with Gasteiger partial charge in [-0.05, 0) is 26.0 Å². The average molecular weight is 326 g/mol. The monoisotopic (exact) mass is 326 g/mol. The van der Waals surface area contributed by atoms with Gasteiger partial charge < -0.3 is 15.2 Å². The van der Waals surface area contributed by atoms with E-state index in [1.165, 1.54) is 19.1 Å². The van der Waals surface area contributed by atoms with Crippen LogP contribution >= 0.6 is 0 Å². The second kappa shape index (κ2) is 6.89. The first-order valence-corrected chi connectivity index (χ1v) is 7.16. The normalized spacial score (nSPS) is 17.0. The molecule has 0 spiro atoms. The number of rotatable bonds is 3. The number of allylic oxidation sites excluding steroid dienone is 2. The minimum absolute atomic E-state index is 0.0370. The van der Waals surface area contributed by atoms with Crippen LogP contribution in [0.25, 0.3) is 0 Å². The van der Waals surface area contributed by atoms with Crippen LogP contribution in [0.4, 0.5) is 4.39 Å². The van der Waals surface area contributed by atoms with E-state index in [1.54, 1.807) is 6.92 Å². The first kappa shape index (κ1) is 17.1. The predicted octanol–water partition coefficient (Wildman–Crippen LogP) is 2.45. The summed E-state index contributed by atoms with van der Waals surface area (Å²) in [5.74, 6) is -0.0439. The van der Waals surface area contributed by atoms with E-state index >= 15 is 0 Å². The molecule has 1 atom stereocenters. The number of nitrogens with two attached hydrogens (primary N) is 1. The first-order valence-electron chi connectivity index (χ1n) is 7.16. The maximum Gasteiger partial charge on any atom is 0.338 e. The summed E-state index contributed by atoms with van der Waals surface area (Å²) in [6.45, 7) is 3.28. The van der Waals surface area contributed by atoms with Gasteiger partial charge in [-0.2, -0.15) is 5.26 Å². The number of benzene rings is 1. The molecule has 1 aromatic carbocycles. The lowest BCUT2D eigenvalue weighted by Gasteiger charge is -2.27. The Morgan fingerprint density at radius 3 is 2.79 bits per heavy atom. The number of halogens is 1. The van der Waals surface area contributed by atoms with Crippen molar-refractivity contribution in [1.29, 1.82) is 5.26 Å². The summed E-state index contributed by atoms with van der Waals surface area (Å²) in [5.41, 5.74) is 6.16. The van der Waals surface area contributed by atoms with Crippen molar-refractivity contribution in [2.24, 2.45) is 5.73 Å². The molecule has 24 heavy (non-hydrogen) atoms. The summed E-state index contributed by atoms with van der Waals surface area (Å²) >= 11 is 0. The van der Waals surface area contributed by atoms with E-state index in [4.69, 9.17) is 21.6 Å². The lowest BCUT2D eigenvalue weighted by atomic mass is 9.82. The first-order chi connectivity index (χ1) is 11.4. The van der Waals surface area contributed by atoms with Crippen molar-refractivity contribution in [3.05, 3.63) is 57.9 Å². The van der Waals surface area contributed by atoms with E-state index in [0.29, 0.717) is 5.56 Å². The number of esters is 1. The Kier molecular flexibility index (Phi) is 4.91. The Hall–Kier alpha value is -3.25. The van der Waals surface area contributed by atoms with Gasteiger partial charge in [-0.1, -0.05) is 12.0 Å². The SMILES string of the molecule is C#Cc1ccc(C2C(C#N)=C(N)OC(C)=C2C(=O)OCC)c(F)c1. The largest absolute Gasteiger partial charge is 0.463 e. The second-order valence-corrected chi connectivity index (χ2v) is 5.00. The lowest BCUT2D eigenvalue weighted by molar-refractivity contribution is -0.139. The van der Waals surface area contributed by atoms with Crippen LogP contribution in [0.1, 0.15) is 30.9 Å². The van der Waals surface area contributed by atoms with Crippen molar-refractivity contribution < 1.29 is 18.7 Å². The van der Waals surface area contributed by atoms with Crippen molar-refractivity contribution in [3.8, 4) is 18.4 Å². The molecule has 1 unspecified atom stereocenters. The molecule has 1 aromatic rings. The van der Waals surface area contributed by atoms with Crippen molar-refractivity contribution in [1.82, 2.24) is 0 Å². The molecule has 2 rings (SSSR count). The summed E-state index contributed by atoms with van der Waals surface area (Å²) in [7, 11) is 0. The third kappa shape index (κ3) is 2.95. The van der Waals surface area contributed by atoms with Crippen LogP contribution in [-0.4, -0.2) is 12.6 Å². The third-order valence-corrected chi connectivity index (χ3v) is 3.58. The summed E-state index contributed by atoms with van der Waals surface area (Å²) in [4.78, 5) is 12.3. The van der Waals surface area contributed by atoms with E-state index in [0.717, 1.165) is 6.07 Å². The zero-order chi connectivity index (χ0) is 17.9. The highest BCUT2D eigenvalue weighted by Crippen LogP contribution is 2.40. The van der Waals surface area contributed by atoms with Crippen molar-refractivity contribution in [3.63, 3.8) is 0 Å². The zero-order valence-electron chi connectivity index (χ0n) is 13.2. The van der Waals surface area contributed by atoms with E-state index in [1.807, 2.05) is 6.07 Å². The number of hydrogen-bond acceptors (Lipinski definition) is 5. The van der Waals surface area contributed by atoms with Crippen molar-refractivity contribution >= 4 is 5.97 Å². The predicted molar refractivity (Wildman–Crippen MR) is 84.3 cm³/mol. The molecule has 5 nitrogen and oxygen atoms in total. The van der Waals surface area contributed by atoms with Crippen molar-refractivity contribution in [2.75, 3.05) is 6.61 Å². The molecule has 0 bridgehead atoms. The van der Waals surface area contributed by atoms with Gasteiger partial charge in [0.2, 0.25) is 5.88 Å². The van der Waals surface area contributed by atoms with E-state index in [9.17, 15) is 14.4 Å². The Bertz CT molecular complexity index is 841. The summed E-state index contributed by atoms with van der Waals surface area (Å²) < 4.78 is 24.8. The van der Waals surface area contributed by atoms with Gasteiger partial charge in [0.25, 0.3) is 0 Å². The number of nitriles is 1. The van der Waals surface area contributed by atoms with Gasteiger partial charge in [0.05, 0.1) is 18.1 Å². The molecule has 122 valence electrons. The minimum Gasteiger partial charge on any atom is -0.463 e. The molecule has 0 fully saturated rings. The Balaban J connectivity index is 2.67. The summed E-state index contributed by atoms with van der Waals surface area (Å²) in [6, 6.07) is 6.00. The average Bonchev–Trinajstić information content (AvgIpc) is 2.54. The zero-order valence-corrected chi connectivity index (χ0v) is 13.2. The Labute approximate surface area is 139 Å². The number of carbonyl (C=O) groups excluding carboxylic acids is 1. The number of ether oxygens (including phenoxy) is 2. The second-order valence-electron chi connectivity index (χ2n) is 5.00. The van der Waals surface area contributed by atoms with Gasteiger partial charge in [0, 0.05) is 11.1 Å². The molecule has 0 aromatic heterocycles. The van der Waals surface area contributed by atoms with E-state index in [-0.39, 0.29) is 35.0 Å². The number of carbonyl (C=O) groups is 1. The fourth-order valence-corrected chi connectivity index (χ4v) is 2.52. The van der Waals surface area contributed by atoms with Crippen LogP contribution in [0, 0.1) is 29.5 Å². The highest BCUT2D eigenvalue weighted by Gasteiger charge is 2.37. The summed E-state index contributed by atoms with van der Waals surface area (Å²) in [6.07, 6.45) is 5.26. The molecule has 0 saturated heterocycles.